The molecule has 0 amide bonds. The molecule has 0 saturated heterocycles. The predicted octanol–water partition coefficient (Wildman–Crippen LogP) is -0.357. The van der Waals surface area contributed by atoms with Gasteiger partial charge in [0.05, 0.1) is 0 Å². The summed E-state index contributed by atoms with van der Waals surface area (Å²) in [6.45, 7) is 0. The standard InChI is InChI=1S/C7H7AsO2/c8-6-3-1-5(2-4-6)7(9)10/h1-4H,8H2,(H,9,10). The zero-order valence-corrected chi connectivity index (χ0v) is 7.66. The topological polar surface area (TPSA) is 37.3 Å². The third kappa shape index (κ3) is 1.61. The molecule has 52 valence electrons. The van der Waals surface area contributed by atoms with Crippen LogP contribution < -0.4 is 4.35 Å². The fourth-order valence-corrected chi connectivity index (χ4v) is 1.03. The molecule has 0 radical (unpaired) electrons. The van der Waals surface area contributed by atoms with Crippen LogP contribution in [0.15, 0.2) is 24.3 Å². The molecule has 0 saturated carbocycles. The molecule has 10 heavy (non-hydrogen) atoms. The van der Waals surface area contributed by atoms with Gasteiger partial charge in [-0.3, -0.25) is 0 Å². The fraction of sp³-hybridized carbons (Fsp3) is 0. The molecule has 0 spiro atoms. The van der Waals surface area contributed by atoms with Gasteiger partial charge in [-0.05, 0) is 0 Å². The second-order valence-corrected chi connectivity index (χ2v) is 3.33. The average molecular weight is 198 g/mol. The van der Waals surface area contributed by atoms with E-state index in [4.69, 9.17) is 5.11 Å². The van der Waals surface area contributed by atoms with Gasteiger partial charge in [-0.2, -0.15) is 0 Å². The van der Waals surface area contributed by atoms with Crippen molar-refractivity contribution in [3.63, 3.8) is 0 Å². The summed E-state index contributed by atoms with van der Waals surface area (Å²) in [7, 11) is 0. The van der Waals surface area contributed by atoms with Gasteiger partial charge in [-0.15, -0.1) is 0 Å². The minimum absolute atomic E-state index is 0.349. The number of carbonyl (C=O) groups is 1. The Morgan fingerprint density at radius 1 is 1.30 bits per heavy atom. The molecule has 3 heteroatoms. The number of aromatic carboxylic acids is 1. The summed E-state index contributed by atoms with van der Waals surface area (Å²) in [6.07, 6.45) is 0. The molecule has 0 heterocycles. The quantitative estimate of drug-likeness (QED) is 0.626. The molecule has 1 N–H and O–H groups in total. The third-order valence-electron chi connectivity index (χ3n) is 1.16. The van der Waals surface area contributed by atoms with Gasteiger partial charge < -0.3 is 0 Å². The zero-order chi connectivity index (χ0) is 7.56. The average Bonchev–Trinajstić information content (AvgIpc) is 1.88. The molecule has 1 atom stereocenters. The van der Waals surface area contributed by atoms with Crippen LogP contribution in [0.3, 0.4) is 0 Å². The maximum atomic E-state index is 10.3. The second kappa shape index (κ2) is 2.89. The van der Waals surface area contributed by atoms with Gasteiger partial charge in [0.15, 0.2) is 0 Å². The first kappa shape index (κ1) is 7.36. The van der Waals surface area contributed by atoms with Gasteiger partial charge in [0.25, 0.3) is 0 Å². The van der Waals surface area contributed by atoms with Crippen LogP contribution >= 0.6 is 0 Å². The molecule has 0 fully saturated rings. The van der Waals surface area contributed by atoms with Crippen LogP contribution in [0.2, 0.25) is 0 Å². The van der Waals surface area contributed by atoms with Crippen molar-refractivity contribution in [1.29, 1.82) is 0 Å². The summed E-state index contributed by atoms with van der Waals surface area (Å²) in [6, 6.07) is 6.84. The molecule has 1 unspecified atom stereocenters. The monoisotopic (exact) mass is 198 g/mol. The molecule has 2 nitrogen and oxygen atoms in total. The van der Waals surface area contributed by atoms with Crippen LogP contribution in [0, 0.1) is 0 Å². The van der Waals surface area contributed by atoms with Gasteiger partial charge in [0.1, 0.15) is 0 Å². The van der Waals surface area contributed by atoms with E-state index in [1.807, 2.05) is 12.1 Å². The van der Waals surface area contributed by atoms with Gasteiger partial charge in [0, 0.05) is 0 Å². The molecule has 0 aromatic heterocycles. The van der Waals surface area contributed by atoms with E-state index in [-0.39, 0.29) is 0 Å². The van der Waals surface area contributed by atoms with Crippen LogP contribution in [-0.2, 0) is 0 Å². The van der Waals surface area contributed by atoms with Crippen LogP contribution in [0.5, 0.6) is 0 Å². The number of hydrogen-bond acceptors (Lipinski definition) is 1. The van der Waals surface area contributed by atoms with Crippen molar-refractivity contribution < 1.29 is 9.90 Å². The molecule has 0 aliphatic carbocycles. The van der Waals surface area contributed by atoms with Crippen LogP contribution in [0.25, 0.3) is 0 Å². The van der Waals surface area contributed by atoms with E-state index in [9.17, 15) is 4.79 Å². The Bertz CT molecular complexity index is 240. The maximum absolute atomic E-state index is 10.3. The molecule has 0 bridgehead atoms. The molecule has 1 aromatic rings. The van der Waals surface area contributed by atoms with E-state index in [1.165, 1.54) is 16.9 Å². The summed E-state index contributed by atoms with van der Waals surface area (Å²) < 4.78 is 1.14. The summed E-state index contributed by atoms with van der Waals surface area (Å²) in [5.41, 5.74) is 0.349. The number of benzene rings is 1. The van der Waals surface area contributed by atoms with E-state index in [0.717, 1.165) is 4.35 Å². The first-order valence-corrected chi connectivity index (χ1v) is 4.00. The van der Waals surface area contributed by atoms with Gasteiger partial charge in [0.2, 0.25) is 0 Å². The Hall–Kier alpha value is -0.752. The summed E-state index contributed by atoms with van der Waals surface area (Å²) in [5, 5.41) is 8.48. The summed E-state index contributed by atoms with van der Waals surface area (Å²) in [4.78, 5) is 10.3. The normalized spacial score (nSPS) is 9.30. The Balaban J connectivity index is 3.00. The van der Waals surface area contributed by atoms with Crippen LogP contribution in [0.4, 0.5) is 0 Å². The predicted molar refractivity (Wildman–Crippen MR) is 41.6 cm³/mol. The minimum atomic E-state index is -0.868. The van der Waals surface area contributed by atoms with Crippen molar-refractivity contribution in [2.75, 3.05) is 0 Å². The van der Waals surface area contributed by atoms with Crippen LogP contribution in [-0.4, -0.2) is 27.9 Å². The number of carboxylic acid groups (broad SMARTS) is 1. The van der Waals surface area contributed by atoms with Gasteiger partial charge in [-0.25, -0.2) is 0 Å². The first-order valence-electron chi connectivity index (χ1n) is 2.79. The van der Waals surface area contributed by atoms with Crippen molar-refractivity contribution in [2.45, 2.75) is 0 Å². The van der Waals surface area contributed by atoms with E-state index in [1.54, 1.807) is 12.1 Å². The Morgan fingerprint density at radius 3 is 2.20 bits per heavy atom. The Kier molecular flexibility index (Phi) is 2.13. The second-order valence-electron chi connectivity index (χ2n) is 1.93. The van der Waals surface area contributed by atoms with E-state index < -0.39 is 5.97 Å². The zero-order valence-electron chi connectivity index (χ0n) is 5.24. The van der Waals surface area contributed by atoms with Gasteiger partial charge in [-0.1, -0.05) is 0 Å². The van der Waals surface area contributed by atoms with Crippen LogP contribution in [0.1, 0.15) is 10.4 Å². The van der Waals surface area contributed by atoms with E-state index in [2.05, 4.69) is 0 Å². The van der Waals surface area contributed by atoms with E-state index >= 15 is 0 Å². The first-order chi connectivity index (χ1) is 4.70. The molecular weight excluding hydrogens is 191 g/mol. The van der Waals surface area contributed by atoms with Crippen molar-refractivity contribution in [2.24, 2.45) is 0 Å². The van der Waals surface area contributed by atoms with Crippen molar-refractivity contribution in [3.05, 3.63) is 29.8 Å². The molecular formula is C7H7AsO2. The summed E-state index contributed by atoms with van der Waals surface area (Å²) >= 11 is 1.50. The number of carboxylic acids is 1. The van der Waals surface area contributed by atoms with Crippen molar-refractivity contribution >= 4 is 27.2 Å². The molecule has 0 aliphatic heterocycles. The molecule has 0 aliphatic rings. The van der Waals surface area contributed by atoms with Gasteiger partial charge >= 0.3 is 66.9 Å². The number of rotatable bonds is 1. The van der Waals surface area contributed by atoms with E-state index in [0.29, 0.717) is 5.56 Å². The third-order valence-corrected chi connectivity index (χ3v) is 1.97. The molecule has 1 rings (SSSR count). The van der Waals surface area contributed by atoms with Crippen molar-refractivity contribution in [3.8, 4) is 0 Å². The summed E-state index contributed by atoms with van der Waals surface area (Å²) in [5.74, 6) is -0.868. The fourth-order valence-electron chi connectivity index (χ4n) is 0.626. The Morgan fingerprint density at radius 2 is 1.80 bits per heavy atom. The number of hydrogen-bond donors (Lipinski definition) is 1. The SMILES string of the molecule is O=C(O)c1ccc([AsH2])cc1. The van der Waals surface area contributed by atoms with Crippen molar-refractivity contribution in [1.82, 2.24) is 0 Å². The Labute approximate surface area is 67.4 Å². The molecule has 1 aromatic carbocycles.